The number of piperazine rings is 1. The summed E-state index contributed by atoms with van der Waals surface area (Å²) in [5.41, 5.74) is 5.72. The molecular weight excluding hydrogens is 238 g/mol. The van der Waals surface area contributed by atoms with Crippen molar-refractivity contribution >= 4 is 5.91 Å². The fraction of sp³-hybridized carbons (Fsp3) is 0.933. The van der Waals surface area contributed by atoms with Crippen molar-refractivity contribution in [3.8, 4) is 0 Å². The highest BCUT2D eigenvalue weighted by atomic mass is 16.2. The second kappa shape index (κ2) is 6.71. The van der Waals surface area contributed by atoms with E-state index in [9.17, 15) is 4.79 Å². The monoisotopic (exact) mass is 267 g/mol. The van der Waals surface area contributed by atoms with E-state index in [1.165, 1.54) is 0 Å². The number of nitrogens with two attached hydrogens (primary N) is 1. The number of likely N-dealkylation sites (N-methyl/N-ethyl adjacent to an activating group) is 1. The minimum Gasteiger partial charge on any atom is -0.340 e. The first-order valence-electron chi connectivity index (χ1n) is 7.84. The minimum atomic E-state index is 0.267. The molecule has 1 saturated carbocycles. The van der Waals surface area contributed by atoms with Crippen LogP contribution in [-0.4, -0.2) is 55.0 Å². The molecule has 2 rings (SSSR count). The maximum absolute atomic E-state index is 12.6. The molecule has 1 unspecified atom stereocenters. The van der Waals surface area contributed by atoms with Gasteiger partial charge in [0.25, 0.3) is 0 Å². The molecule has 0 aromatic carbocycles. The molecule has 110 valence electrons. The van der Waals surface area contributed by atoms with E-state index in [1.54, 1.807) is 0 Å². The lowest BCUT2D eigenvalue weighted by atomic mass is 9.81. The third-order valence-corrected chi connectivity index (χ3v) is 5.09. The Morgan fingerprint density at radius 3 is 2.47 bits per heavy atom. The molecule has 1 atom stereocenters. The van der Waals surface area contributed by atoms with E-state index >= 15 is 0 Å². The van der Waals surface area contributed by atoms with E-state index in [0.29, 0.717) is 17.9 Å². The van der Waals surface area contributed by atoms with Gasteiger partial charge >= 0.3 is 0 Å². The topological polar surface area (TPSA) is 49.6 Å². The van der Waals surface area contributed by atoms with E-state index in [-0.39, 0.29) is 5.92 Å². The van der Waals surface area contributed by atoms with E-state index in [4.69, 9.17) is 5.73 Å². The van der Waals surface area contributed by atoms with Crippen molar-refractivity contribution in [3.05, 3.63) is 0 Å². The van der Waals surface area contributed by atoms with Crippen LogP contribution in [0.25, 0.3) is 0 Å². The molecular formula is C15H29N3O. The summed E-state index contributed by atoms with van der Waals surface area (Å²) in [6.45, 7) is 5.84. The predicted octanol–water partition coefficient (Wildman–Crippen LogP) is 1.30. The Balaban J connectivity index is 1.86. The van der Waals surface area contributed by atoms with Crippen LogP contribution >= 0.6 is 0 Å². The van der Waals surface area contributed by atoms with Gasteiger partial charge in [-0.1, -0.05) is 6.92 Å². The zero-order valence-electron chi connectivity index (χ0n) is 12.5. The van der Waals surface area contributed by atoms with Crippen molar-refractivity contribution in [2.24, 2.45) is 17.6 Å². The highest BCUT2D eigenvalue weighted by Crippen LogP contribution is 2.30. The number of carbonyl (C=O) groups is 1. The second-order valence-corrected chi connectivity index (χ2v) is 6.28. The molecule has 0 aromatic heterocycles. The van der Waals surface area contributed by atoms with Gasteiger partial charge in [-0.25, -0.2) is 0 Å². The number of rotatable bonds is 3. The smallest absolute Gasteiger partial charge is 0.225 e. The first kappa shape index (κ1) is 14.8. The maximum Gasteiger partial charge on any atom is 0.225 e. The molecule has 1 amide bonds. The van der Waals surface area contributed by atoms with Crippen LogP contribution in [0.3, 0.4) is 0 Å². The fourth-order valence-corrected chi connectivity index (χ4v) is 3.49. The van der Waals surface area contributed by atoms with E-state index in [2.05, 4.69) is 23.8 Å². The Hall–Kier alpha value is -0.610. The molecule has 1 heterocycles. The van der Waals surface area contributed by atoms with Crippen molar-refractivity contribution in [2.75, 3.05) is 33.2 Å². The van der Waals surface area contributed by atoms with Gasteiger partial charge in [-0.2, -0.15) is 0 Å². The van der Waals surface area contributed by atoms with Gasteiger partial charge in [-0.05, 0) is 51.6 Å². The van der Waals surface area contributed by atoms with Crippen LogP contribution < -0.4 is 5.73 Å². The largest absolute Gasteiger partial charge is 0.340 e. The summed E-state index contributed by atoms with van der Waals surface area (Å²) >= 11 is 0. The highest BCUT2D eigenvalue weighted by Gasteiger charge is 2.32. The summed E-state index contributed by atoms with van der Waals surface area (Å²) in [6.07, 6.45) is 5.49. The molecule has 2 N–H and O–H groups in total. The van der Waals surface area contributed by atoms with Gasteiger partial charge in [0, 0.05) is 31.6 Å². The lowest BCUT2D eigenvalue weighted by Crippen LogP contribution is -2.54. The van der Waals surface area contributed by atoms with Crippen LogP contribution in [0.2, 0.25) is 0 Å². The molecule has 4 nitrogen and oxygen atoms in total. The Kier molecular flexibility index (Phi) is 5.22. The van der Waals surface area contributed by atoms with Crippen LogP contribution in [0, 0.1) is 11.8 Å². The van der Waals surface area contributed by atoms with Gasteiger partial charge in [-0.3, -0.25) is 9.69 Å². The van der Waals surface area contributed by atoms with Gasteiger partial charge in [0.15, 0.2) is 0 Å². The third kappa shape index (κ3) is 3.48. The maximum atomic E-state index is 12.6. The summed E-state index contributed by atoms with van der Waals surface area (Å²) < 4.78 is 0. The minimum absolute atomic E-state index is 0.267. The second-order valence-electron chi connectivity index (χ2n) is 6.28. The van der Waals surface area contributed by atoms with Crippen LogP contribution in [0.5, 0.6) is 0 Å². The van der Waals surface area contributed by atoms with E-state index in [1.807, 2.05) is 0 Å². The van der Waals surface area contributed by atoms with Gasteiger partial charge in [0.1, 0.15) is 0 Å². The molecule has 1 aliphatic heterocycles. The quantitative estimate of drug-likeness (QED) is 0.838. The number of carbonyl (C=O) groups excluding carboxylic acids is 1. The Bertz CT molecular complexity index is 300. The number of amides is 1. The van der Waals surface area contributed by atoms with Gasteiger partial charge in [0.05, 0.1) is 0 Å². The van der Waals surface area contributed by atoms with Crippen molar-refractivity contribution in [1.82, 2.24) is 9.80 Å². The molecule has 2 fully saturated rings. The highest BCUT2D eigenvalue weighted by molar-refractivity contribution is 5.79. The van der Waals surface area contributed by atoms with Crippen LogP contribution in [0.1, 0.15) is 39.0 Å². The molecule has 0 radical (unpaired) electrons. The summed E-state index contributed by atoms with van der Waals surface area (Å²) in [7, 11) is 2.17. The average Bonchev–Trinajstić information content (AvgIpc) is 2.47. The van der Waals surface area contributed by atoms with Crippen molar-refractivity contribution in [2.45, 2.75) is 45.1 Å². The van der Waals surface area contributed by atoms with Crippen molar-refractivity contribution < 1.29 is 4.79 Å². The summed E-state index contributed by atoms with van der Waals surface area (Å²) in [5, 5.41) is 0. The molecule has 19 heavy (non-hydrogen) atoms. The molecule has 4 heteroatoms. The molecule has 0 aromatic rings. The molecule has 1 saturated heterocycles. The molecule has 0 spiro atoms. The van der Waals surface area contributed by atoms with Crippen molar-refractivity contribution in [3.63, 3.8) is 0 Å². The lowest BCUT2D eigenvalue weighted by Gasteiger charge is -2.41. The normalized spacial score (nSPS) is 33.4. The standard InChI is InChI=1S/C15H29N3O/c1-3-14-11-18(9-8-17(14)2)15(19)13-6-4-12(10-16)5-7-13/h12-14H,3-11,16H2,1-2H3. The molecule has 1 aliphatic carbocycles. The SMILES string of the molecule is CCC1CN(C(=O)C2CCC(CN)CC2)CCN1C. The fourth-order valence-electron chi connectivity index (χ4n) is 3.49. The third-order valence-electron chi connectivity index (χ3n) is 5.09. The summed E-state index contributed by atoms with van der Waals surface area (Å²) in [4.78, 5) is 17.1. The Morgan fingerprint density at radius 2 is 1.89 bits per heavy atom. The first-order chi connectivity index (χ1) is 9.15. The van der Waals surface area contributed by atoms with E-state index in [0.717, 1.165) is 58.3 Å². The zero-order chi connectivity index (χ0) is 13.8. The molecule has 2 aliphatic rings. The van der Waals surface area contributed by atoms with E-state index < -0.39 is 0 Å². The number of hydrogen-bond donors (Lipinski definition) is 1. The first-order valence-corrected chi connectivity index (χ1v) is 7.84. The van der Waals surface area contributed by atoms with Crippen LogP contribution in [0.15, 0.2) is 0 Å². The zero-order valence-corrected chi connectivity index (χ0v) is 12.5. The van der Waals surface area contributed by atoms with Gasteiger partial charge < -0.3 is 10.6 Å². The van der Waals surface area contributed by atoms with Crippen LogP contribution in [0.4, 0.5) is 0 Å². The Labute approximate surface area is 117 Å². The van der Waals surface area contributed by atoms with Crippen LogP contribution in [-0.2, 0) is 4.79 Å². The lowest BCUT2D eigenvalue weighted by molar-refractivity contribution is -0.139. The summed E-state index contributed by atoms with van der Waals surface area (Å²) in [5.74, 6) is 1.32. The van der Waals surface area contributed by atoms with Crippen molar-refractivity contribution in [1.29, 1.82) is 0 Å². The summed E-state index contributed by atoms with van der Waals surface area (Å²) in [6, 6.07) is 0.540. The van der Waals surface area contributed by atoms with Gasteiger partial charge in [0.2, 0.25) is 5.91 Å². The Morgan fingerprint density at radius 1 is 1.21 bits per heavy atom. The predicted molar refractivity (Wildman–Crippen MR) is 77.8 cm³/mol. The van der Waals surface area contributed by atoms with Gasteiger partial charge in [-0.15, -0.1) is 0 Å². The molecule has 0 bridgehead atoms. The average molecular weight is 267 g/mol. The number of hydrogen-bond acceptors (Lipinski definition) is 3. The number of nitrogens with zero attached hydrogens (tertiary/aromatic N) is 2.